The number of hydrogen-bond donors (Lipinski definition) is 0. The second-order valence-electron chi connectivity index (χ2n) is 5.71. The van der Waals surface area contributed by atoms with E-state index in [1.807, 2.05) is 13.8 Å². The topological polar surface area (TPSA) is 64.4 Å². The molecule has 1 aliphatic rings. The van der Waals surface area contributed by atoms with Crippen LogP contribution in [0.4, 0.5) is 5.69 Å². The van der Waals surface area contributed by atoms with Crippen LogP contribution in [0.15, 0.2) is 35.1 Å². The van der Waals surface area contributed by atoms with E-state index in [2.05, 4.69) is 5.10 Å². The number of hydrogen-bond acceptors (Lipinski definition) is 4. The molecule has 0 saturated carbocycles. The average molecular weight is 348 g/mol. The predicted molar refractivity (Wildman–Crippen MR) is 92.0 cm³/mol. The Morgan fingerprint density at radius 2 is 2.17 bits per heavy atom. The third kappa shape index (κ3) is 3.01. The highest BCUT2D eigenvalue weighted by Crippen LogP contribution is 2.39. The van der Waals surface area contributed by atoms with Crippen LogP contribution >= 0.6 is 11.6 Å². The number of aryl methyl sites for hydroxylation is 1. The van der Waals surface area contributed by atoms with Gasteiger partial charge in [0.1, 0.15) is 11.8 Å². The number of benzene rings is 1. The molecule has 0 radical (unpaired) electrons. The van der Waals surface area contributed by atoms with E-state index in [9.17, 15) is 9.59 Å². The Morgan fingerprint density at radius 1 is 1.38 bits per heavy atom. The van der Waals surface area contributed by atoms with Crippen LogP contribution in [0.5, 0.6) is 5.75 Å². The summed E-state index contributed by atoms with van der Waals surface area (Å²) >= 11 is 6.19. The van der Waals surface area contributed by atoms with Crippen molar-refractivity contribution in [1.82, 2.24) is 9.78 Å². The van der Waals surface area contributed by atoms with Crippen molar-refractivity contribution in [2.24, 2.45) is 0 Å². The molecule has 3 rings (SSSR count). The summed E-state index contributed by atoms with van der Waals surface area (Å²) < 4.78 is 7.07. The quantitative estimate of drug-likeness (QED) is 0.856. The van der Waals surface area contributed by atoms with Gasteiger partial charge in [-0.05, 0) is 31.5 Å². The van der Waals surface area contributed by atoms with E-state index in [1.54, 1.807) is 23.1 Å². The molecule has 1 aliphatic heterocycles. The van der Waals surface area contributed by atoms with Gasteiger partial charge in [0.25, 0.3) is 11.5 Å². The number of carbonyl (C=O) groups excluding carboxylic acids is 1. The van der Waals surface area contributed by atoms with Gasteiger partial charge in [-0.2, -0.15) is 5.10 Å². The molecule has 0 aliphatic carbocycles. The first kappa shape index (κ1) is 16.5. The fraction of sp³-hybridized carbons (Fsp3) is 0.353. The van der Waals surface area contributed by atoms with Gasteiger partial charge in [-0.3, -0.25) is 14.5 Å². The lowest BCUT2D eigenvalue weighted by atomic mass is 10.1. The Kier molecular flexibility index (Phi) is 4.57. The maximum Gasteiger partial charge on any atom is 0.278 e. The Balaban J connectivity index is 2.01. The first-order valence-electron chi connectivity index (χ1n) is 7.86. The lowest BCUT2D eigenvalue weighted by molar-refractivity contribution is 0.0954. The Hall–Kier alpha value is -2.34. The molecule has 0 bridgehead atoms. The normalized spacial score (nSPS) is 16.5. The number of para-hydroxylation sites is 1. The molecule has 2 aromatic rings. The molecule has 126 valence electrons. The third-order valence-electron chi connectivity index (χ3n) is 3.76. The standard InChI is InChI=1S/C17H18ClN3O3/c1-3-9-21-15(22)8-7-13(19-21)17(23)20-10-11(2)24-16-12(18)5-4-6-14(16)20/h4-8,11H,3,9-10H2,1-2H3/t11-/m1/s1. The molecule has 7 heteroatoms. The number of carbonyl (C=O) groups is 1. The van der Waals surface area contributed by atoms with E-state index in [1.165, 1.54) is 16.8 Å². The molecule has 24 heavy (non-hydrogen) atoms. The van der Waals surface area contributed by atoms with Gasteiger partial charge in [0.05, 0.1) is 17.3 Å². The van der Waals surface area contributed by atoms with Crippen molar-refractivity contribution >= 4 is 23.2 Å². The van der Waals surface area contributed by atoms with Crippen molar-refractivity contribution in [3.05, 3.63) is 51.4 Å². The predicted octanol–water partition coefficient (Wildman–Crippen LogP) is 2.73. The smallest absolute Gasteiger partial charge is 0.278 e. The van der Waals surface area contributed by atoms with Gasteiger partial charge in [0, 0.05) is 12.6 Å². The summed E-state index contributed by atoms with van der Waals surface area (Å²) in [6.07, 6.45) is 0.570. The zero-order chi connectivity index (χ0) is 17.3. The van der Waals surface area contributed by atoms with Crippen LogP contribution in [0.3, 0.4) is 0 Å². The SMILES string of the molecule is CCCn1nc(C(=O)N2C[C@@H](C)Oc3c(Cl)cccc32)ccc1=O. The van der Waals surface area contributed by atoms with Crippen LogP contribution in [0, 0.1) is 0 Å². The van der Waals surface area contributed by atoms with Gasteiger partial charge in [0.15, 0.2) is 5.75 Å². The minimum absolute atomic E-state index is 0.192. The molecule has 0 N–H and O–H groups in total. The Labute approximate surface area is 144 Å². The second-order valence-corrected chi connectivity index (χ2v) is 6.12. The van der Waals surface area contributed by atoms with Crippen LogP contribution in [0.2, 0.25) is 5.02 Å². The fourth-order valence-corrected chi connectivity index (χ4v) is 2.90. The molecule has 0 saturated heterocycles. The van der Waals surface area contributed by atoms with Gasteiger partial charge < -0.3 is 4.74 Å². The molecule has 0 unspecified atom stereocenters. The van der Waals surface area contributed by atoms with Gasteiger partial charge in [0.2, 0.25) is 0 Å². The molecular weight excluding hydrogens is 330 g/mol. The fourth-order valence-electron chi connectivity index (χ4n) is 2.69. The number of rotatable bonds is 3. The summed E-state index contributed by atoms with van der Waals surface area (Å²) in [6, 6.07) is 8.11. The molecule has 6 nitrogen and oxygen atoms in total. The molecule has 1 aromatic heterocycles. The summed E-state index contributed by atoms with van der Waals surface area (Å²) in [5.41, 5.74) is 0.621. The first-order chi connectivity index (χ1) is 11.5. The minimum atomic E-state index is -0.279. The highest BCUT2D eigenvalue weighted by atomic mass is 35.5. The summed E-state index contributed by atoms with van der Waals surface area (Å²) in [6.45, 7) is 4.69. The molecule has 1 atom stereocenters. The zero-order valence-corrected chi connectivity index (χ0v) is 14.3. The maximum absolute atomic E-state index is 12.9. The van der Waals surface area contributed by atoms with E-state index in [0.29, 0.717) is 29.5 Å². The number of aromatic nitrogens is 2. The first-order valence-corrected chi connectivity index (χ1v) is 8.24. The van der Waals surface area contributed by atoms with Crippen molar-refractivity contribution in [2.45, 2.75) is 32.9 Å². The number of anilines is 1. The summed E-state index contributed by atoms with van der Waals surface area (Å²) in [5, 5.41) is 4.66. The molecule has 1 amide bonds. The molecule has 0 fully saturated rings. The van der Waals surface area contributed by atoms with Crippen molar-refractivity contribution < 1.29 is 9.53 Å². The highest BCUT2D eigenvalue weighted by Gasteiger charge is 2.30. The summed E-state index contributed by atoms with van der Waals surface area (Å²) in [5.74, 6) is 0.215. The van der Waals surface area contributed by atoms with Crippen LogP contribution in [-0.4, -0.2) is 28.3 Å². The largest absolute Gasteiger partial charge is 0.485 e. The molecule has 2 heterocycles. The van der Waals surface area contributed by atoms with E-state index in [0.717, 1.165) is 6.42 Å². The van der Waals surface area contributed by atoms with Crippen LogP contribution < -0.4 is 15.2 Å². The van der Waals surface area contributed by atoms with E-state index >= 15 is 0 Å². The number of amides is 1. The third-order valence-corrected chi connectivity index (χ3v) is 4.06. The minimum Gasteiger partial charge on any atom is -0.485 e. The van der Waals surface area contributed by atoms with E-state index in [-0.39, 0.29) is 23.3 Å². The number of ether oxygens (including phenoxy) is 1. The lowest BCUT2D eigenvalue weighted by Gasteiger charge is -2.33. The van der Waals surface area contributed by atoms with Gasteiger partial charge in [-0.25, -0.2) is 4.68 Å². The molecule has 0 spiro atoms. The number of fused-ring (bicyclic) bond motifs is 1. The Morgan fingerprint density at radius 3 is 2.92 bits per heavy atom. The summed E-state index contributed by atoms with van der Waals surface area (Å²) in [4.78, 5) is 26.3. The van der Waals surface area contributed by atoms with Crippen molar-refractivity contribution in [1.29, 1.82) is 0 Å². The zero-order valence-electron chi connectivity index (χ0n) is 13.5. The van der Waals surface area contributed by atoms with Crippen molar-refractivity contribution in [2.75, 3.05) is 11.4 Å². The highest BCUT2D eigenvalue weighted by molar-refractivity contribution is 6.32. The van der Waals surface area contributed by atoms with E-state index < -0.39 is 0 Å². The van der Waals surface area contributed by atoms with Gasteiger partial charge in [-0.15, -0.1) is 0 Å². The lowest BCUT2D eigenvalue weighted by Crippen LogP contribution is -2.43. The van der Waals surface area contributed by atoms with Gasteiger partial charge in [-0.1, -0.05) is 24.6 Å². The molecular formula is C17H18ClN3O3. The van der Waals surface area contributed by atoms with Crippen molar-refractivity contribution in [3.63, 3.8) is 0 Å². The van der Waals surface area contributed by atoms with Crippen molar-refractivity contribution in [3.8, 4) is 5.75 Å². The summed E-state index contributed by atoms with van der Waals surface area (Å²) in [7, 11) is 0. The second kappa shape index (κ2) is 6.65. The van der Waals surface area contributed by atoms with Crippen LogP contribution in [-0.2, 0) is 6.54 Å². The van der Waals surface area contributed by atoms with Crippen LogP contribution in [0.25, 0.3) is 0 Å². The van der Waals surface area contributed by atoms with Gasteiger partial charge >= 0.3 is 0 Å². The Bertz CT molecular complexity index is 834. The van der Waals surface area contributed by atoms with Crippen LogP contribution in [0.1, 0.15) is 30.8 Å². The number of halogens is 1. The number of nitrogens with zero attached hydrogens (tertiary/aromatic N) is 3. The average Bonchev–Trinajstić information content (AvgIpc) is 2.56. The monoisotopic (exact) mass is 347 g/mol. The molecule has 1 aromatic carbocycles. The van der Waals surface area contributed by atoms with E-state index in [4.69, 9.17) is 16.3 Å². The maximum atomic E-state index is 12.9.